The molecule has 9 N–H and O–H groups in total. The summed E-state index contributed by atoms with van der Waals surface area (Å²) in [5.74, 6) is -0.244. The van der Waals surface area contributed by atoms with E-state index >= 15 is 0 Å². The van der Waals surface area contributed by atoms with Crippen LogP contribution in [0.25, 0.3) is 0 Å². The number of hydrogen-bond donors (Lipinski definition) is 9. The van der Waals surface area contributed by atoms with Gasteiger partial charge in [-0.1, -0.05) is 263 Å². The van der Waals surface area contributed by atoms with Gasteiger partial charge in [0.05, 0.1) is 32.0 Å². The van der Waals surface area contributed by atoms with E-state index in [1.807, 2.05) is 6.08 Å². The smallest absolute Gasteiger partial charge is 0.220 e. The van der Waals surface area contributed by atoms with Gasteiger partial charge in [-0.25, -0.2) is 0 Å². The summed E-state index contributed by atoms with van der Waals surface area (Å²) < 4.78 is 22.8. The lowest BCUT2D eigenvalue weighted by Crippen LogP contribution is -2.65. The van der Waals surface area contributed by atoms with Crippen LogP contribution in [0.5, 0.6) is 0 Å². The zero-order chi connectivity index (χ0) is 56.0. The molecule has 0 aromatic heterocycles. The van der Waals surface area contributed by atoms with Gasteiger partial charge in [-0.05, 0) is 32.1 Å². The van der Waals surface area contributed by atoms with Crippen LogP contribution >= 0.6 is 0 Å². The normalized spacial score (nSPS) is 24.8. The Morgan fingerprint density at radius 1 is 0.455 bits per heavy atom. The van der Waals surface area contributed by atoms with Crippen LogP contribution in [0.2, 0.25) is 0 Å². The lowest BCUT2D eigenvalue weighted by atomic mass is 9.97. The Bertz CT molecular complexity index is 1390. The van der Waals surface area contributed by atoms with E-state index in [1.165, 1.54) is 212 Å². The summed E-state index contributed by atoms with van der Waals surface area (Å²) in [4.78, 5) is 13.3. The molecule has 2 aliphatic heterocycles. The Morgan fingerprint density at radius 2 is 0.831 bits per heavy atom. The molecule has 2 saturated heterocycles. The van der Waals surface area contributed by atoms with Crippen LogP contribution in [0.3, 0.4) is 0 Å². The van der Waals surface area contributed by atoms with Gasteiger partial charge in [0.1, 0.15) is 48.8 Å². The predicted molar refractivity (Wildman–Crippen MR) is 309 cm³/mol. The molecule has 0 aromatic carbocycles. The van der Waals surface area contributed by atoms with Gasteiger partial charge in [-0.15, -0.1) is 0 Å². The van der Waals surface area contributed by atoms with E-state index in [2.05, 4.69) is 31.3 Å². The van der Waals surface area contributed by atoms with Crippen molar-refractivity contribution in [2.45, 2.75) is 351 Å². The molecule has 12 unspecified atom stereocenters. The zero-order valence-electron chi connectivity index (χ0n) is 49.0. The molecule has 0 spiro atoms. The number of hydrogen-bond acceptors (Lipinski definition) is 13. The van der Waals surface area contributed by atoms with Crippen molar-refractivity contribution in [3.05, 3.63) is 24.3 Å². The third-order valence-electron chi connectivity index (χ3n) is 15.9. The van der Waals surface area contributed by atoms with Crippen LogP contribution in [0.1, 0.15) is 277 Å². The number of nitrogens with one attached hydrogen (secondary N) is 1. The van der Waals surface area contributed by atoms with Crippen molar-refractivity contribution < 1.29 is 64.6 Å². The number of amides is 1. The predicted octanol–water partition coefficient (Wildman–Crippen LogP) is 11.6. The van der Waals surface area contributed by atoms with Gasteiger partial charge in [0.15, 0.2) is 12.6 Å². The fourth-order valence-electron chi connectivity index (χ4n) is 10.7. The SMILES string of the molecule is CCCCCCCCCCCCCCCCCCCCC/C=C/CC/C=C/C(O)C(COC1OC(CO)C(OC2OC(CO)C(O)C(O)C2O)C(O)C1O)NC(=O)CCCCCCCCCCCCCCCCCCCC. The Labute approximate surface area is 468 Å². The quantitative estimate of drug-likeness (QED) is 0.0204. The summed E-state index contributed by atoms with van der Waals surface area (Å²) in [6.45, 7) is 2.82. The fraction of sp³-hybridized carbons (Fsp3) is 0.921. The first kappa shape index (κ1) is 71.6. The first-order chi connectivity index (χ1) is 37.6. The Hall–Kier alpha value is -1.53. The second-order valence-electron chi connectivity index (χ2n) is 22.9. The highest BCUT2D eigenvalue weighted by atomic mass is 16.7. The first-order valence-corrected chi connectivity index (χ1v) is 32.1. The molecule has 0 radical (unpaired) electrons. The summed E-state index contributed by atoms with van der Waals surface area (Å²) in [6, 6.07) is -0.928. The molecular formula is C63H119NO13. The van der Waals surface area contributed by atoms with Gasteiger partial charge < -0.3 is 65.1 Å². The number of allylic oxidation sites excluding steroid dienone is 3. The number of rotatable bonds is 52. The molecule has 2 rings (SSSR count). The number of carbonyl (C=O) groups is 1. The van der Waals surface area contributed by atoms with Crippen LogP contribution in [-0.4, -0.2) is 140 Å². The van der Waals surface area contributed by atoms with Crippen molar-refractivity contribution in [2.75, 3.05) is 19.8 Å². The Morgan fingerprint density at radius 3 is 1.27 bits per heavy atom. The van der Waals surface area contributed by atoms with Gasteiger partial charge in [0, 0.05) is 6.42 Å². The zero-order valence-corrected chi connectivity index (χ0v) is 49.0. The number of aliphatic hydroxyl groups is 8. The van der Waals surface area contributed by atoms with Gasteiger partial charge in [-0.2, -0.15) is 0 Å². The van der Waals surface area contributed by atoms with Crippen LogP contribution in [0.15, 0.2) is 24.3 Å². The second kappa shape index (κ2) is 49.1. The fourth-order valence-corrected chi connectivity index (χ4v) is 10.7. The summed E-state index contributed by atoms with van der Waals surface area (Å²) >= 11 is 0. The third-order valence-corrected chi connectivity index (χ3v) is 15.9. The maximum atomic E-state index is 13.3. The molecular weight excluding hydrogens is 979 g/mol. The minimum Gasteiger partial charge on any atom is -0.394 e. The van der Waals surface area contributed by atoms with E-state index in [-0.39, 0.29) is 18.9 Å². The third kappa shape index (κ3) is 34.5. The van der Waals surface area contributed by atoms with E-state index in [0.717, 1.165) is 32.1 Å². The molecule has 0 saturated carbocycles. The van der Waals surface area contributed by atoms with Crippen molar-refractivity contribution >= 4 is 5.91 Å². The van der Waals surface area contributed by atoms with Gasteiger partial charge in [-0.3, -0.25) is 4.79 Å². The number of unbranched alkanes of at least 4 members (excludes halogenated alkanes) is 37. The van der Waals surface area contributed by atoms with Crippen LogP contribution < -0.4 is 5.32 Å². The summed E-state index contributed by atoms with van der Waals surface area (Å²) in [6.07, 6.45) is 42.3. The van der Waals surface area contributed by atoms with Crippen molar-refractivity contribution in [2.24, 2.45) is 0 Å². The highest BCUT2D eigenvalue weighted by Gasteiger charge is 2.51. The minimum atomic E-state index is -1.79. The lowest BCUT2D eigenvalue weighted by Gasteiger charge is -2.46. The molecule has 14 heteroatoms. The Balaban J connectivity index is 1.74. The highest BCUT2D eigenvalue weighted by Crippen LogP contribution is 2.30. The van der Waals surface area contributed by atoms with Crippen molar-refractivity contribution in [1.82, 2.24) is 5.32 Å². The number of carbonyl (C=O) groups excluding carboxylic acids is 1. The van der Waals surface area contributed by atoms with E-state index in [0.29, 0.717) is 12.8 Å². The largest absolute Gasteiger partial charge is 0.394 e. The topological polar surface area (TPSA) is 228 Å². The van der Waals surface area contributed by atoms with E-state index in [1.54, 1.807) is 6.08 Å². The molecule has 2 fully saturated rings. The molecule has 0 aliphatic carbocycles. The van der Waals surface area contributed by atoms with Crippen molar-refractivity contribution in [1.29, 1.82) is 0 Å². The van der Waals surface area contributed by atoms with E-state index in [9.17, 15) is 45.6 Å². The molecule has 2 heterocycles. The molecule has 454 valence electrons. The van der Waals surface area contributed by atoms with E-state index < -0.39 is 86.8 Å². The molecule has 0 aromatic rings. The maximum Gasteiger partial charge on any atom is 0.220 e. The molecule has 2 aliphatic rings. The monoisotopic (exact) mass is 1100 g/mol. The first-order valence-electron chi connectivity index (χ1n) is 32.1. The molecule has 12 atom stereocenters. The van der Waals surface area contributed by atoms with Crippen LogP contribution in [0.4, 0.5) is 0 Å². The van der Waals surface area contributed by atoms with Crippen molar-refractivity contribution in [3.8, 4) is 0 Å². The number of aliphatic hydroxyl groups excluding tert-OH is 8. The van der Waals surface area contributed by atoms with Crippen LogP contribution in [0, 0.1) is 0 Å². The highest BCUT2D eigenvalue weighted by molar-refractivity contribution is 5.76. The second-order valence-corrected chi connectivity index (χ2v) is 22.9. The molecule has 1 amide bonds. The minimum absolute atomic E-state index is 0.244. The summed E-state index contributed by atoms with van der Waals surface area (Å²) in [5.41, 5.74) is 0. The van der Waals surface area contributed by atoms with Crippen molar-refractivity contribution in [3.63, 3.8) is 0 Å². The van der Waals surface area contributed by atoms with Crippen LogP contribution in [-0.2, 0) is 23.7 Å². The standard InChI is InChI=1S/C63H119NO13/c1-3-5-7-9-11-13-15-17-19-21-23-24-25-26-27-28-29-30-32-34-36-38-40-42-44-46-52(67)51(64-55(68)47-45-43-41-39-37-35-33-31-22-20-18-16-14-12-10-8-6-4-2)50-74-62-60(73)58(71)61(54(49-66)76-62)77-63-59(72)57(70)56(69)53(48-65)75-63/h36,38,44,46,51-54,56-63,65-67,69-73H,3-35,37,39-43,45,47-50H2,1-2H3,(H,64,68)/b38-36+,46-44+. The lowest BCUT2D eigenvalue weighted by molar-refractivity contribution is -0.359. The number of ether oxygens (including phenoxy) is 4. The maximum absolute atomic E-state index is 13.3. The average Bonchev–Trinajstić information content (AvgIpc) is 3.44. The average molecular weight is 1100 g/mol. The molecule has 0 bridgehead atoms. The van der Waals surface area contributed by atoms with Gasteiger partial charge in [0.25, 0.3) is 0 Å². The van der Waals surface area contributed by atoms with Gasteiger partial charge in [0.2, 0.25) is 5.91 Å². The Kier molecular flexibility index (Phi) is 45.7. The molecule has 77 heavy (non-hydrogen) atoms. The summed E-state index contributed by atoms with van der Waals surface area (Å²) in [5, 5.41) is 87.2. The molecule has 14 nitrogen and oxygen atoms in total. The summed E-state index contributed by atoms with van der Waals surface area (Å²) in [7, 11) is 0. The van der Waals surface area contributed by atoms with Gasteiger partial charge >= 0.3 is 0 Å². The van der Waals surface area contributed by atoms with E-state index in [4.69, 9.17) is 18.9 Å².